The van der Waals surface area contributed by atoms with Gasteiger partial charge in [-0.3, -0.25) is 0 Å². The molecule has 5 heteroatoms. The standard InChI is InChI=1S/C23H16INO3/c24-19-10-8-18(9-11-19)22-25-21(23(26)28-22)14-16-6-12-20(13-7-16)27-15-17-4-2-1-3-5-17/h1-14H,15H2/b21-14-. The molecule has 0 spiro atoms. The number of ether oxygens (including phenoxy) is 2. The van der Waals surface area contributed by atoms with Crippen LogP contribution in [0.3, 0.4) is 0 Å². The highest BCUT2D eigenvalue weighted by Crippen LogP contribution is 2.21. The molecule has 1 aliphatic heterocycles. The Hall–Kier alpha value is -2.93. The summed E-state index contributed by atoms with van der Waals surface area (Å²) in [6.07, 6.45) is 1.71. The van der Waals surface area contributed by atoms with Crippen molar-refractivity contribution >= 4 is 40.5 Å². The van der Waals surface area contributed by atoms with E-state index in [-0.39, 0.29) is 5.70 Å². The monoisotopic (exact) mass is 481 g/mol. The van der Waals surface area contributed by atoms with Gasteiger partial charge in [-0.05, 0) is 76.2 Å². The van der Waals surface area contributed by atoms with E-state index in [1.165, 1.54) is 0 Å². The average Bonchev–Trinajstić information content (AvgIpc) is 3.09. The Labute approximate surface area is 176 Å². The van der Waals surface area contributed by atoms with Crippen LogP contribution in [0.5, 0.6) is 5.75 Å². The van der Waals surface area contributed by atoms with E-state index in [1.54, 1.807) is 6.08 Å². The number of benzene rings is 3. The normalized spacial score (nSPS) is 14.7. The van der Waals surface area contributed by atoms with Crippen LogP contribution in [0.15, 0.2) is 89.6 Å². The summed E-state index contributed by atoms with van der Waals surface area (Å²) in [7, 11) is 0. The average molecular weight is 481 g/mol. The van der Waals surface area contributed by atoms with Crippen LogP contribution in [0, 0.1) is 3.57 Å². The molecule has 0 aromatic heterocycles. The highest BCUT2D eigenvalue weighted by atomic mass is 127. The zero-order valence-electron chi connectivity index (χ0n) is 14.8. The number of hydrogen-bond donors (Lipinski definition) is 0. The first-order chi connectivity index (χ1) is 13.7. The van der Waals surface area contributed by atoms with E-state index in [4.69, 9.17) is 9.47 Å². The molecule has 0 N–H and O–H groups in total. The first-order valence-corrected chi connectivity index (χ1v) is 9.80. The lowest BCUT2D eigenvalue weighted by Crippen LogP contribution is -2.05. The number of esters is 1. The van der Waals surface area contributed by atoms with Crippen LogP contribution in [0.1, 0.15) is 16.7 Å². The van der Waals surface area contributed by atoms with E-state index in [2.05, 4.69) is 27.6 Å². The Morgan fingerprint density at radius 2 is 1.64 bits per heavy atom. The van der Waals surface area contributed by atoms with E-state index >= 15 is 0 Å². The number of cyclic esters (lactones) is 1. The van der Waals surface area contributed by atoms with Crippen molar-refractivity contribution in [3.05, 3.63) is 105 Å². The molecule has 0 saturated carbocycles. The molecule has 28 heavy (non-hydrogen) atoms. The largest absolute Gasteiger partial charge is 0.489 e. The molecule has 3 aromatic carbocycles. The van der Waals surface area contributed by atoms with Crippen LogP contribution < -0.4 is 4.74 Å². The number of hydrogen-bond acceptors (Lipinski definition) is 4. The van der Waals surface area contributed by atoms with Crippen molar-refractivity contribution in [2.24, 2.45) is 4.99 Å². The minimum atomic E-state index is -0.446. The molecule has 0 aliphatic carbocycles. The Morgan fingerprint density at radius 3 is 2.36 bits per heavy atom. The lowest BCUT2D eigenvalue weighted by Gasteiger charge is -2.06. The summed E-state index contributed by atoms with van der Waals surface area (Å²) in [6.45, 7) is 0.511. The topological polar surface area (TPSA) is 47.9 Å². The van der Waals surface area contributed by atoms with Crippen molar-refractivity contribution in [3.8, 4) is 5.75 Å². The number of halogens is 1. The van der Waals surface area contributed by atoms with Crippen molar-refractivity contribution in [2.45, 2.75) is 6.61 Å². The fourth-order valence-electron chi connectivity index (χ4n) is 2.68. The summed E-state index contributed by atoms with van der Waals surface area (Å²) < 4.78 is 12.2. The molecule has 4 nitrogen and oxygen atoms in total. The van der Waals surface area contributed by atoms with Crippen molar-refractivity contribution < 1.29 is 14.3 Å². The predicted octanol–water partition coefficient (Wildman–Crippen LogP) is 5.21. The summed E-state index contributed by atoms with van der Waals surface area (Å²) in [6, 6.07) is 25.2. The third kappa shape index (κ3) is 4.48. The molecule has 138 valence electrons. The van der Waals surface area contributed by atoms with E-state index < -0.39 is 5.97 Å². The van der Waals surface area contributed by atoms with E-state index in [1.807, 2.05) is 78.9 Å². The Morgan fingerprint density at radius 1 is 0.929 bits per heavy atom. The molecule has 0 radical (unpaired) electrons. The van der Waals surface area contributed by atoms with Gasteiger partial charge >= 0.3 is 5.97 Å². The second-order valence-electron chi connectivity index (χ2n) is 6.19. The van der Waals surface area contributed by atoms with Crippen molar-refractivity contribution in [1.82, 2.24) is 0 Å². The van der Waals surface area contributed by atoms with Crippen LogP contribution in [-0.2, 0) is 16.1 Å². The maximum atomic E-state index is 12.1. The molecule has 0 amide bonds. The maximum absolute atomic E-state index is 12.1. The maximum Gasteiger partial charge on any atom is 0.363 e. The molecule has 4 rings (SSSR count). The molecule has 1 aliphatic rings. The SMILES string of the molecule is O=C1OC(c2ccc(I)cc2)=N/C1=C\c1ccc(OCc2ccccc2)cc1. The van der Waals surface area contributed by atoms with Gasteiger partial charge in [-0.1, -0.05) is 42.5 Å². The van der Waals surface area contributed by atoms with Gasteiger partial charge in [-0.2, -0.15) is 0 Å². The molecule has 0 unspecified atom stereocenters. The minimum absolute atomic E-state index is 0.284. The van der Waals surface area contributed by atoms with E-state index in [9.17, 15) is 4.79 Å². The first kappa shape index (κ1) is 18.4. The molecular formula is C23H16INO3. The molecule has 0 fully saturated rings. The minimum Gasteiger partial charge on any atom is -0.489 e. The second kappa shape index (κ2) is 8.39. The lowest BCUT2D eigenvalue weighted by molar-refractivity contribution is -0.129. The van der Waals surface area contributed by atoms with E-state index in [0.29, 0.717) is 12.5 Å². The van der Waals surface area contributed by atoms with Crippen LogP contribution >= 0.6 is 22.6 Å². The summed E-state index contributed by atoms with van der Waals surface area (Å²) in [4.78, 5) is 16.5. The van der Waals surface area contributed by atoms with E-state index in [0.717, 1.165) is 26.0 Å². The quantitative estimate of drug-likeness (QED) is 0.286. The van der Waals surface area contributed by atoms with Gasteiger partial charge in [-0.15, -0.1) is 0 Å². The summed E-state index contributed by atoms with van der Waals surface area (Å²) in [5.74, 6) is 0.650. The summed E-state index contributed by atoms with van der Waals surface area (Å²) in [5.41, 5.74) is 3.03. The third-order valence-corrected chi connectivity index (χ3v) is 4.86. The molecule has 0 bridgehead atoms. The fraction of sp³-hybridized carbons (Fsp3) is 0.0435. The summed E-state index contributed by atoms with van der Waals surface area (Å²) >= 11 is 2.23. The molecule has 0 saturated heterocycles. The van der Waals surface area contributed by atoms with Crippen molar-refractivity contribution in [1.29, 1.82) is 0 Å². The van der Waals surface area contributed by atoms with Gasteiger partial charge in [0.05, 0.1) is 0 Å². The molecule has 3 aromatic rings. The number of nitrogens with zero attached hydrogens (tertiary/aromatic N) is 1. The molecule has 1 heterocycles. The molecule has 0 atom stereocenters. The first-order valence-electron chi connectivity index (χ1n) is 8.73. The Bertz CT molecular complexity index is 1040. The zero-order chi connectivity index (χ0) is 19.3. The predicted molar refractivity (Wildman–Crippen MR) is 117 cm³/mol. The van der Waals surface area contributed by atoms with Gasteiger partial charge in [0.15, 0.2) is 5.70 Å². The van der Waals surface area contributed by atoms with Crippen LogP contribution in [0.4, 0.5) is 0 Å². The highest BCUT2D eigenvalue weighted by molar-refractivity contribution is 14.1. The van der Waals surface area contributed by atoms with Crippen molar-refractivity contribution in [3.63, 3.8) is 0 Å². The highest BCUT2D eigenvalue weighted by Gasteiger charge is 2.24. The van der Waals surface area contributed by atoms with Gasteiger partial charge in [0.25, 0.3) is 0 Å². The second-order valence-corrected chi connectivity index (χ2v) is 7.43. The van der Waals surface area contributed by atoms with Gasteiger partial charge in [0, 0.05) is 9.13 Å². The van der Waals surface area contributed by atoms with Gasteiger partial charge in [0.2, 0.25) is 5.90 Å². The van der Waals surface area contributed by atoms with Gasteiger partial charge in [0.1, 0.15) is 12.4 Å². The number of carbonyl (C=O) groups is 1. The zero-order valence-corrected chi connectivity index (χ0v) is 17.0. The number of carbonyl (C=O) groups excluding carboxylic acids is 1. The Kier molecular flexibility index (Phi) is 5.53. The van der Waals surface area contributed by atoms with Gasteiger partial charge in [-0.25, -0.2) is 9.79 Å². The van der Waals surface area contributed by atoms with Crippen LogP contribution in [0.25, 0.3) is 6.08 Å². The van der Waals surface area contributed by atoms with Gasteiger partial charge < -0.3 is 9.47 Å². The number of rotatable bonds is 5. The Balaban J connectivity index is 1.46. The third-order valence-electron chi connectivity index (χ3n) is 4.14. The van der Waals surface area contributed by atoms with Crippen molar-refractivity contribution in [2.75, 3.05) is 0 Å². The molecular weight excluding hydrogens is 465 g/mol. The lowest BCUT2D eigenvalue weighted by atomic mass is 10.2. The van der Waals surface area contributed by atoms with Crippen LogP contribution in [0.2, 0.25) is 0 Å². The smallest absolute Gasteiger partial charge is 0.363 e. The van der Waals surface area contributed by atoms with Crippen LogP contribution in [-0.4, -0.2) is 11.9 Å². The summed E-state index contributed by atoms with van der Waals surface area (Å²) in [5, 5.41) is 0. The number of aliphatic imine (C=N–C) groups is 1. The fourth-order valence-corrected chi connectivity index (χ4v) is 3.04.